The van der Waals surface area contributed by atoms with Crippen LogP contribution in [0.25, 0.3) is 0 Å². The standard InChI is InChI=1S/C20H25N3O2/c1-2-18-21-20(22-25-18)16-7-5-11-23(13-16)19(24)12-15-10-9-14-6-3-4-8-17(14)15/h3-4,6,8,15-16H,2,5,7,9-13H2,1H3/t15-,16-/m0/s1. The van der Waals surface area contributed by atoms with Gasteiger partial charge in [-0.05, 0) is 42.7 Å². The minimum Gasteiger partial charge on any atom is -0.342 e. The van der Waals surface area contributed by atoms with E-state index in [1.54, 1.807) is 0 Å². The number of amides is 1. The summed E-state index contributed by atoms with van der Waals surface area (Å²) in [6.07, 6.45) is 5.60. The maximum atomic E-state index is 12.9. The fourth-order valence-electron chi connectivity index (χ4n) is 4.19. The number of carbonyl (C=O) groups excluding carboxylic acids is 1. The highest BCUT2D eigenvalue weighted by molar-refractivity contribution is 5.77. The number of aryl methyl sites for hydroxylation is 2. The lowest BCUT2D eigenvalue weighted by molar-refractivity contribution is -0.132. The number of benzene rings is 1. The molecule has 0 bridgehead atoms. The van der Waals surface area contributed by atoms with Gasteiger partial charge in [0.15, 0.2) is 5.82 Å². The fourth-order valence-corrected chi connectivity index (χ4v) is 4.19. The van der Waals surface area contributed by atoms with Crippen LogP contribution in [0, 0.1) is 0 Å². The van der Waals surface area contributed by atoms with Crippen molar-refractivity contribution in [3.05, 3.63) is 47.1 Å². The average Bonchev–Trinajstić information content (AvgIpc) is 3.29. The molecule has 0 N–H and O–H groups in total. The number of rotatable bonds is 4. The van der Waals surface area contributed by atoms with Crippen LogP contribution in [-0.2, 0) is 17.6 Å². The van der Waals surface area contributed by atoms with Crippen molar-refractivity contribution in [2.75, 3.05) is 13.1 Å². The molecule has 1 aliphatic carbocycles. The first-order valence-corrected chi connectivity index (χ1v) is 9.42. The molecule has 2 atom stereocenters. The molecule has 0 radical (unpaired) electrons. The summed E-state index contributed by atoms with van der Waals surface area (Å²) in [5, 5.41) is 4.11. The molecule has 2 aromatic rings. The Morgan fingerprint density at radius 3 is 3.04 bits per heavy atom. The van der Waals surface area contributed by atoms with Crippen LogP contribution in [0.3, 0.4) is 0 Å². The molecule has 1 aromatic heterocycles. The van der Waals surface area contributed by atoms with Crippen molar-refractivity contribution in [2.24, 2.45) is 0 Å². The van der Waals surface area contributed by atoms with Crippen molar-refractivity contribution in [1.82, 2.24) is 15.0 Å². The number of likely N-dealkylation sites (tertiary alicyclic amines) is 1. The van der Waals surface area contributed by atoms with Gasteiger partial charge in [-0.3, -0.25) is 4.79 Å². The number of fused-ring (bicyclic) bond motifs is 1. The second-order valence-electron chi connectivity index (χ2n) is 7.22. The van der Waals surface area contributed by atoms with Crippen LogP contribution >= 0.6 is 0 Å². The lowest BCUT2D eigenvalue weighted by Crippen LogP contribution is -2.39. The lowest BCUT2D eigenvalue weighted by atomic mass is 9.94. The van der Waals surface area contributed by atoms with Crippen LogP contribution in [-0.4, -0.2) is 34.0 Å². The summed E-state index contributed by atoms with van der Waals surface area (Å²) < 4.78 is 5.24. The maximum Gasteiger partial charge on any atom is 0.226 e. The Balaban J connectivity index is 1.40. The molecule has 0 saturated carbocycles. The van der Waals surface area contributed by atoms with Crippen LogP contribution in [0.4, 0.5) is 0 Å². The first-order valence-electron chi connectivity index (χ1n) is 9.42. The van der Waals surface area contributed by atoms with Crippen molar-refractivity contribution in [3.8, 4) is 0 Å². The minimum absolute atomic E-state index is 0.206. The second kappa shape index (κ2) is 6.98. The Labute approximate surface area is 148 Å². The quantitative estimate of drug-likeness (QED) is 0.856. The average molecular weight is 339 g/mol. The molecular weight excluding hydrogens is 314 g/mol. The first-order chi connectivity index (χ1) is 12.2. The molecule has 1 fully saturated rings. The Morgan fingerprint density at radius 1 is 1.32 bits per heavy atom. The number of nitrogens with zero attached hydrogens (tertiary/aromatic N) is 3. The van der Waals surface area contributed by atoms with Crippen molar-refractivity contribution in [1.29, 1.82) is 0 Å². The molecule has 2 heterocycles. The summed E-state index contributed by atoms with van der Waals surface area (Å²) in [5.74, 6) is 2.30. The molecule has 4 rings (SSSR count). The highest BCUT2D eigenvalue weighted by Gasteiger charge is 2.31. The number of carbonyl (C=O) groups is 1. The molecule has 25 heavy (non-hydrogen) atoms. The van der Waals surface area contributed by atoms with E-state index in [0.29, 0.717) is 18.2 Å². The number of hydrogen-bond donors (Lipinski definition) is 0. The summed E-state index contributed by atoms with van der Waals surface area (Å²) in [7, 11) is 0. The largest absolute Gasteiger partial charge is 0.342 e. The van der Waals surface area contributed by atoms with Crippen LogP contribution in [0.2, 0.25) is 0 Å². The van der Waals surface area contributed by atoms with E-state index in [2.05, 4.69) is 34.4 Å². The topological polar surface area (TPSA) is 59.2 Å². The molecule has 1 saturated heterocycles. The fraction of sp³-hybridized carbons (Fsp3) is 0.550. The molecule has 0 spiro atoms. The summed E-state index contributed by atoms with van der Waals surface area (Å²) in [6, 6.07) is 8.55. The zero-order valence-corrected chi connectivity index (χ0v) is 14.8. The van der Waals surface area contributed by atoms with E-state index in [1.165, 1.54) is 11.1 Å². The van der Waals surface area contributed by atoms with Crippen LogP contribution in [0.5, 0.6) is 0 Å². The highest BCUT2D eigenvalue weighted by Crippen LogP contribution is 2.36. The van der Waals surface area contributed by atoms with Gasteiger partial charge in [-0.1, -0.05) is 36.3 Å². The van der Waals surface area contributed by atoms with E-state index < -0.39 is 0 Å². The first kappa shape index (κ1) is 16.3. The maximum absolute atomic E-state index is 12.9. The van der Waals surface area contributed by atoms with Crippen LogP contribution in [0.15, 0.2) is 28.8 Å². The molecule has 1 aliphatic heterocycles. The van der Waals surface area contributed by atoms with Gasteiger partial charge in [-0.2, -0.15) is 4.98 Å². The van der Waals surface area contributed by atoms with E-state index in [9.17, 15) is 4.79 Å². The van der Waals surface area contributed by atoms with Gasteiger partial charge in [0.05, 0.1) is 0 Å². The molecular formula is C20H25N3O2. The normalized spacial score (nSPS) is 22.8. The molecule has 1 amide bonds. The number of hydrogen-bond acceptors (Lipinski definition) is 4. The van der Waals surface area contributed by atoms with Gasteiger partial charge in [0.2, 0.25) is 11.8 Å². The Bertz CT molecular complexity index is 755. The number of aromatic nitrogens is 2. The van der Waals surface area contributed by atoms with E-state index in [1.807, 2.05) is 11.8 Å². The molecule has 5 heteroatoms. The molecule has 1 aromatic carbocycles. The monoisotopic (exact) mass is 339 g/mol. The summed E-state index contributed by atoms with van der Waals surface area (Å²) >= 11 is 0. The van der Waals surface area contributed by atoms with Gasteiger partial charge in [-0.25, -0.2) is 0 Å². The van der Waals surface area contributed by atoms with Crippen molar-refractivity contribution >= 4 is 5.91 Å². The smallest absolute Gasteiger partial charge is 0.226 e. The third-order valence-corrected chi connectivity index (χ3v) is 5.60. The van der Waals surface area contributed by atoms with E-state index in [4.69, 9.17) is 4.52 Å². The van der Waals surface area contributed by atoms with Crippen molar-refractivity contribution in [2.45, 2.75) is 57.3 Å². The van der Waals surface area contributed by atoms with Gasteiger partial charge in [0.25, 0.3) is 0 Å². The Hall–Kier alpha value is -2.17. The summed E-state index contributed by atoms with van der Waals surface area (Å²) in [5.41, 5.74) is 2.78. The third-order valence-electron chi connectivity index (χ3n) is 5.60. The Kier molecular flexibility index (Phi) is 4.55. The van der Waals surface area contributed by atoms with E-state index >= 15 is 0 Å². The summed E-state index contributed by atoms with van der Waals surface area (Å²) in [6.45, 7) is 3.57. The van der Waals surface area contributed by atoms with Crippen molar-refractivity contribution in [3.63, 3.8) is 0 Å². The predicted octanol–water partition coefficient (Wildman–Crippen LogP) is 3.46. The van der Waals surface area contributed by atoms with Gasteiger partial charge < -0.3 is 9.42 Å². The third kappa shape index (κ3) is 3.32. The molecule has 2 aliphatic rings. The van der Waals surface area contributed by atoms with Crippen molar-refractivity contribution < 1.29 is 9.32 Å². The zero-order valence-electron chi connectivity index (χ0n) is 14.8. The number of piperidine rings is 1. The molecule has 132 valence electrons. The Morgan fingerprint density at radius 2 is 2.20 bits per heavy atom. The SMILES string of the molecule is CCc1nc([C@H]2CCCN(C(=O)C[C@@H]3CCc4ccccc43)C2)no1. The van der Waals surface area contributed by atoms with Crippen LogP contribution in [0.1, 0.15) is 67.3 Å². The molecule has 5 nitrogen and oxygen atoms in total. The highest BCUT2D eigenvalue weighted by atomic mass is 16.5. The van der Waals surface area contributed by atoms with E-state index in [0.717, 1.165) is 51.0 Å². The summed E-state index contributed by atoms with van der Waals surface area (Å²) in [4.78, 5) is 19.3. The van der Waals surface area contributed by atoms with Gasteiger partial charge in [0, 0.05) is 31.8 Å². The molecule has 0 unspecified atom stereocenters. The van der Waals surface area contributed by atoms with E-state index in [-0.39, 0.29) is 11.8 Å². The van der Waals surface area contributed by atoms with Gasteiger partial charge >= 0.3 is 0 Å². The predicted molar refractivity (Wildman–Crippen MR) is 94.4 cm³/mol. The van der Waals surface area contributed by atoms with Crippen LogP contribution < -0.4 is 0 Å². The lowest BCUT2D eigenvalue weighted by Gasteiger charge is -2.32. The second-order valence-corrected chi connectivity index (χ2v) is 7.22. The minimum atomic E-state index is 0.206. The van der Waals surface area contributed by atoms with Gasteiger partial charge in [-0.15, -0.1) is 0 Å². The zero-order chi connectivity index (χ0) is 17.2. The van der Waals surface area contributed by atoms with Gasteiger partial charge in [0.1, 0.15) is 0 Å².